The molecule has 0 fully saturated rings. The number of carbonyl (C=O) groups is 1. The highest BCUT2D eigenvalue weighted by molar-refractivity contribution is 8.15. The van der Waals surface area contributed by atoms with Gasteiger partial charge in [0.1, 0.15) is 11.1 Å². The first-order valence-corrected chi connectivity index (χ1v) is 8.33. The monoisotopic (exact) mass is 328 g/mol. The number of nitrogens with zero attached hydrogens (tertiary/aromatic N) is 1. The Morgan fingerprint density at radius 2 is 2.00 bits per heavy atom. The Bertz CT molecular complexity index is 733. The second kappa shape index (κ2) is 6.96. The second-order valence-electron chi connectivity index (χ2n) is 5.43. The highest BCUT2D eigenvalue weighted by Crippen LogP contribution is 2.30. The van der Waals surface area contributed by atoms with Gasteiger partial charge in [-0.15, -0.1) is 0 Å². The van der Waals surface area contributed by atoms with Gasteiger partial charge in [-0.3, -0.25) is 9.79 Å². The number of nitrogens with one attached hydrogen (secondary N) is 1. The molecule has 3 rings (SSSR count). The van der Waals surface area contributed by atoms with Crippen molar-refractivity contribution in [2.45, 2.75) is 24.8 Å². The molecule has 1 aliphatic heterocycles. The molecule has 5 heteroatoms. The molecule has 118 valence electrons. The number of hydrogen-bond donors (Lipinski definition) is 1. The molecule has 3 nitrogen and oxygen atoms in total. The topological polar surface area (TPSA) is 41.5 Å². The molecule has 0 radical (unpaired) electrons. The first kappa shape index (κ1) is 15.7. The van der Waals surface area contributed by atoms with Crippen LogP contribution in [0.25, 0.3) is 0 Å². The molecule has 1 aliphatic rings. The minimum Gasteiger partial charge on any atom is -0.351 e. The van der Waals surface area contributed by atoms with Crippen molar-refractivity contribution in [1.29, 1.82) is 0 Å². The van der Waals surface area contributed by atoms with Crippen molar-refractivity contribution in [2.75, 3.05) is 0 Å². The molecule has 1 N–H and O–H groups in total. The normalized spacial score (nSPS) is 20.2. The van der Waals surface area contributed by atoms with Gasteiger partial charge in [-0.25, -0.2) is 4.39 Å². The number of halogens is 1. The quantitative estimate of drug-likeness (QED) is 0.935. The van der Waals surface area contributed by atoms with Crippen LogP contribution in [0.1, 0.15) is 18.1 Å². The average Bonchev–Trinajstić information content (AvgIpc) is 2.96. The number of hydrogen-bond acceptors (Lipinski definition) is 3. The molecule has 2 unspecified atom stereocenters. The maximum Gasteiger partial charge on any atom is 0.236 e. The molecule has 1 heterocycles. The molecule has 0 aliphatic carbocycles. The number of carbonyl (C=O) groups excluding carboxylic acids is 1. The van der Waals surface area contributed by atoms with Crippen LogP contribution in [0.15, 0.2) is 59.6 Å². The van der Waals surface area contributed by atoms with Gasteiger partial charge in [-0.2, -0.15) is 0 Å². The Morgan fingerprint density at radius 1 is 1.22 bits per heavy atom. The van der Waals surface area contributed by atoms with Gasteiger partial charge < -0.3 is 5.32 Å². The lowest BCUT2D eigenvalue weighted by Crippen LogP contribution is -2.36. The van der Waals surface area contributed by atoms with E-state index in [0.717, 1.165) is 16.2 Å². The summed E-state index contributed by atoms with van der Waals surface area (Å²) in [6.45, 7) is 2.41. The molecule has 0 saturated carbocycles. The van der Waals surface area contributed by atoms with Crippen molar-refractivity contribution >= 4 is 22.7 Å². The molecule has 0 spiro atoms. The van der Waals surface area contributed by atoms with Crippen LogP contribution in [0.2, 0.25) is 0 Å². The fourth-order valence-corrected chi connectivity index (χ4v) is 3.60. The zero-order chi connectivity index (χ0) is 16.2. The van der Waals surface area contributed by atoms with E-state index in [0.29, 0.717) is 6.54 Å². The van der Waals surface area contributed by atoms with E-state index in [9.17, 15) is 9.18 Å². The van der Waals surface area contributed by atoms with Crippen LogP contribution in [0.3, 0.4) is 0 Å². The van der Waals surface area contributed by atoms with Gasteiger partial charge in [0.05, 0.1) is 11.1 Å². The van der Waals surface area contributed by atoms with E-state index in [1.807, 2.05) is 43.3 Å². The second-order valence-corrected chi connectivity index (χ2v) is 6.56. The van der Waals surface area contributed by atoms with Gasteiger partial charge >= 0.3 is 0 Å². The van der Waals surface area contributed by atoms with E-state index in [1.54, 1.807) is 6.07 Å². The average molecular weight is 328 g/mol. The van der Waals surface area contributed by atoms with E-state index >= 15 is 0 Å². The summed E-state index contributed by atoms with van der Waals surface area (Å²) in [6.07, 6.45) is 0. The van der Waals surface area contributed by atoms with Gasteiger partial charge in [0.15, 0.2) is 0 Å². The molecule has 2 aromatic rings. The summed E-state index contributed by atoms with van der Waals surface area (Å²) >= 11 is 1.40. The summed E-state index contributed by atoms with van der Waals surface area (Å²) in [5.74, 6) is -0.336. The fraction of sp³-hybridized carbons (Fsp3) is 0.222. The Kier molecular flexibility index (Phi) is 4.76. The molecule has 0 saturated heterocycles. The maximum atomic E-state index is 13.3. The number of benzene rings is 2. The summed E-state index contributed by atoms with van der Waals surface area (Å²) in [5.41, 5.74) is 1.78. The van der Waals surface area contributed by atoms with E-state index < -0.39 is 0 Å². The SMILES string of the molecule is CC1N=C(c2cccc(F)c2)SC1C(=O)NCc1ccccc1. The molecule has 0 aromatic heterocycles. The predicted octanol–water partition coefficient (Wildman–Crippen LogP) is 3.39. The van der Waals surface area contributed by atoms with E-state index in [1.165, 1.54) is 23.9 Å². The van der Waals surface area contributed by atoms with Crippen LogP contribution in [0, 0.1) is 5.82 Å². The van der Waals surface area contributed by atoms with Gasteiger partial charge in [-0.1, -0.05) is 54.2 Å². The summed E-state index contributed by atoms with van der Waals surface area (Å²) in [5, 5.41) is 3.39. The largest absolute Gasteiger partial charge is 0.351 e. The van der Waals surface area contributed by atoms with Crippen molar-refractivity contribution in [1.82, 2.24) is 5.32 Å². The van der Waals surface area contributed by atoms with Crippen molar-refractivity contribution in [3.8, 4) is 0 Å². The third-order valence-electron chi connectivity index (χ3n) is 3.64. The van der Waals surface area contributed by atoms with Crippen LogP contribution in [0.4, 0.5) is 4.39 Å². The maximum absolute atomic E-state index is 13.3. The first-order valence-electron chi connectivity index (χ1n) is 7.45. The zero-order valence-electron chi connectivity index (χ0n) is 12.7. The third kappa shape index (κ3) is 3.79. The Balaban J connectivity index is 1.63. The van der Waals surface area contributed by atoms with Crippen molar-refractivity contribution in [2.24, 2.45) is 4.99 Å². The number of thioether (sulfide) groups is 1. The zero-order valence-corrected chi connectivity index (χ0v) is 13.5. The molecule has 2 atom stereocenters. The van der Waals surface area contributed by atoms with E-state index in [4.69, 9.17) is 0 Å². The lowest BCUT2D eigenvalue weighted by atomic mass is 10.2. The van der Waals surface area contributed by atoms with Crippen LogP contribution in [-0.4, -0.2) is 22.2 Å². The summed E-state index contributed by atoms with van der Waals surface area (Å²) in [7, 11) is 0. The van der Waals surface area contributed by atoms with Crippen LogP contribution < -0.4 is 5.32 Å². The Morgan fingerprint density at radius 3 is 2.74 bits per heavy atom. The highest BCUT2D eigenvalue weighted by Gasteiger charge is 2.33. The molecule has 1 amide bonds. The summed E-state index contributed by atoms with van der Waals surface area (Å²) in [6, 6.07) is 16.0. The molecule has 2 aromatic carbocycles. The highest BCUT2D eigenvalue weighted by atomic mass is 32.2. The Hall–Kier alpha value is -2.14. The summed E-state index contributed by atoms with van der Waals surface area (Å²) in [4.78, 5) is 16.9. The van der Waals surface area contributed by atoms with E-state index in [-0.39, 0.29) is 23.0 Å². The van der Waals surface area contributed by atoms with Crippen molar-refractivity contribution < 1.29 is 9.18 Å². The molecule has 23 heavy (non-hydrogen) atoms. The van der Waals surface area contributed by atoms with Crippen LogP contribution in [-0.2, 0) is 11.3 Å². The molecular weight excluding hydrogens is 311 g/mol. The van der Waals surface area contributed by atoms with Gasteiger partial charge in [0.25, 0.3) is 0 Å². The minimum absolute atomic E-state index is 0.0403. The van der Waals surface area contributed by atoms with Gasteiger partial charge in [0.2, 0.25) is 5.91 Å². The Labute approximate surface area is 139 Å². The predicted molar refractivity (Wildman–Crippen MR) is 92.1 cm³/mol. The fourth-order valence-electron chi connectivity index (χ4n) is 2.42. The van der Waals surface area contributed by atoms with Gasteiger partial charge in [-0.05, 0) is 24.6 Å². The van der Waals surface area contributed by atoms with Crippen molar-refractivity contribution in [3.05, 3.63) is 71.5 Å². The number of rotatable bonds is 4. The standard InChI is InChI=1S/C18H17FN2OS/c1-12-16(17(22)20-11-13-6-3-2-4-7-13)23-18(21-12)14-8-5-9-15(19)10-14/h2-10,12,16H,11H2,1H3,(H,20,22). The molecular formula is C18H17FN2OS. The lowest BCUT2D eigenvalue weighted by Gasteiger charge is -2.13. The minimum atomic E-state index is -0.296. The molecule has 0 bridgehead atoms. The first-order chi connectivity index (χ1) is 11.1. The van der Waals surface area contributed by atoms with Gasteiger partial charge in [0, 0.05) is 12.1 Å². The van der Waals surface area contributed by atoms with Crippen molar-refractivity contribution in [3.63, 3.8) is 0 Å². The van der Waals surface area contributed by atoms with Crippen LogP contribution in [0.5, 0.6) is 0 Å². The third-order valence-corrected chi connectivity index (χ3v) is 5.06. The number of amides is 1. The smallest absolute Gasteiger partial charge is 0.236 e. The summed E-state index contributed by atoms with van der Waals surface area (Å²) < 4.78 is 13.3. The lowest BCUT2D eigenvalue weighted by molar-refractivity contribution is -0.120. The van der Waals surface area contributed by atoms with E-state index in [2.05, 4.69) is 10.3 Å². The number of aliphatic imine (C=N–C) groups is 1. The van der Waals surface area contributed by atoms with Crippen LogP contribution >= 0.6 is 11.8 Å².